The molecule has 0 bridgehead atoms. The Labute approximate surface area is 146 Å². The van der Waals surface area contributed by atoms with Gasteiger partial charge in [-0.25, -0.2) is 4.79 Å². The lowest BCUT2D eigenvalue weighted by atomic mass is 9.68. The van der Waals surface area contributed by atoms with Crippen LogP contribution in [0.2, 0.25) is 0 Å². The number of rotatable bonds is 4. The van der Waals surface area contributed by atoms with E-state index in [0.29, 0.717) is 29.1 Å². The average molecular weight is 343 g/mol. The molecule has 1 saturated carbocycles. The fourth-order valence-corrected chi connectivity index (χ4v) is 4.29. The van der Waals surface area contributed by atoms with Crippen molar-refractivity contribution in [3.8, 4) is 0 Å². The summed E-state index contributed by atoms with van der Waals surface area (Å²) in [7, 11) is 0. The van der Waals surface area contributed by atoms with Crippen LogP contribution in [0.1, 0.15) is 45.1 Å². The molecule has 2 aromatic rings. The molecule has 1 spiro atoms. The van der Waals surface area contributed by atoms with Crippen molar-refractivity contribution in [2.24, 2.45) is 5.92 Å². The summed E-state index contributed by atoms with van der Waals surface area (Å²) in [6.07, 6.45) is 6.04. The van der Waals surface area contributed by atoms with Gasteiger partial charge in [-0.05, 0) is 63.6 Å². The molecule has 0 radical (unpaired) electrons. The zero-order chi connectivity index (χ0) is 17.4. The Kier molecular flexibility index (Phi) is 4.15. The Balaban J connectivity index is 1.42. The summed E-state index contributed by atoms with van der Waals surface area (Å²) in [5.74, 6) is -0.107. The zero-order valence-corrected chi connectivity index (χ0v) is 14.6. The van der Waals surface area contributed by atoms with Gasteiger partial charge in [0.2, 0.25) is 5.91 Å². The number of piperidine rings is 1. The van der Waals surface area contributed by atoms with Gasteiger partial charge in [0.15, 0.2) is 5.58 Å². The van der Waals surface area contributed by atoms with E-state index < -0.39 is 11.8 Å². The molecule has 6 nitrogen and oxygen atoms in total. The highest BCUT2D eigenvalue weighted by atomic mass is 16.4. The predicted octanol–water partition coefficient (Wildman–Crippen LogP) is 2.19. The Morgan fingerprint density at radius 1 is 1.44 bits per heavy atom. The van der Waals surface area contributed by atoms with Gasteiger partial charge in [0.25, 0.3) is 0 Å². The summed E-state index contributed by atoms with van der Waals surface area (Å²) in [4.78, 5) is 24.7. The Bertz CT molecular complexity index is 834. The van der Waals surface area contributed by atoms with Crippen molar-refractivity contribution >= 4 is 17.0 Å². The van der Waals surface area contributed by atoms with Crippen LogP contribution in [-0.4, -0.2) is 29.1 Å². The third-order valence-corrected chi connectivity index (χ3v) is 5.89. The molecule has 1 aromatic heterocycles. The maximum atomic E-state index is 12.6. The molecule has 134 valence electrons. The molecular weight excluding hydrogens is 318 g/mol. The van der Waals surface area contributed by atoms with Gasteiger partial charge in [-0.1, -0.05) is 12.1 Å². The first-order valence-electron chi connectivity index (χ1n) is 9.21. The van der Waals surface area contributed by atoms with Gasteiger partial charge in [0.05, 0.1) is 5.52 Å². The lowest BCUT2D eigenvalue weighted by Crippen LogP contribution is -2.56. The smallest absolute Gasteiger partial charge is 0.408 e. The number of aromatic nitrogens is 1. The van der Waals surface area contributed by atoms with Gasteiger partial charge in [0, 0.05) is 12.1 Å². The minimum absolute atomic E-state index is 0.130. The molecule has 2 atom stereocenters. The third kappa shape index (κ3) is 2.99. The van der Waals surface area contributed by atoms with Gasteiger partial charge in [-0.3, -0.25) is 9.36 Å². The molecule has 2 N–H and O–H groups in total. The van der Waals surface area contributed by atoms with Crippen molar-refractivity contribution in [2.45, 2.75) is 50.6 Å². The van der Waals surface area contributed by atoms with Gasteiger partial charge < -0.3 is 15.1 Å². The van der Waals surface area contributed by atoms with E-state index in [4.69, 9.17) is 4.42 Å². The van der Waals surface area contributed by atoms with Gasteiger partial charge in [-0.2, -0.15) is 0 Å². The van der Waals surface area contributed by atoms with E-state index in [2.05, 4.69) is 10.6 Å². The number of amides is 1. The second-order valence-corrected chi connectivity index (χ2v) is 7.55. The number of carbonyl (C=O) groups excluding carboxylic acids is 1. The topological polar surface area (TPSA) is 76.3 Å². The van der Waals surface area contributed by atoms with Gasteiger partial charge >= 0.3 is 5.76 Å². The molecule has 2 aliphatic rings. The first-order chi connectivity index (χ1) is 12.1. The maximum Gasteiger partial charge on any atom is 0.420 e. The molecule has 1 amide bonds. The number of benzene rings is 1. The highest BCUT2D eigenvalue weighted by Gasteiger charge is 2.40. The van der Waals surface area contributed by atoms with Crippen LogP contribution in [0.15, 0.2) is 33.5 Å². The summed E-state index contributed by atoms with van der Waals surface area (Å²) in [5, 5.41) is 6.70. The molecule has 2 heterocycles. The molecular formula is C19H25N3O3. The molecule has 1 aliphatic heterocycles. The number of hydrogen-bond acceptors (Lipinski definition) is 4. The first kappa shape index (κ1) is 16.4. The number of carbonyl (C=O) groups is 1. The van der Waals surface area contributed by atoms with Crippen molar-refractivity contribution in [3.63, 3.8) is 0 Å². The van der Waals surface area contributed by atoms with Crippen LogP contribution in [0.5, 0.6) is 0 Å². The van der Waals surface area contributed by atoms with Gasteiger partial charge in [-0.15, -0.1) is 0 Å². The van der Waals surface area contributed by atoms with E-state index in [1.807, 2.05) is 12.1 Å². The van der Waals surface area contributed by atoms with Crippen LogP contribution < -0.4 is 16.4 Å². The second kappa shape index (κ2) is 6.33. The van der Waals surface area contributed by atoms with Gasteiger partial charge in [0.1, 0.15) is 6.04 Å². The van der Waals surface area contributed by atoms with Crippen molar-refractivity contribution in [3.05, 3.63) is 34.8 Å². The number of fused-ring (bicyclic) bond motifs is 1. The SMILES string of the molecule is CC(C(=O)NCC1CCNC2(CCC2)C1)n1c(=O)oc2ccccc21. The van der Waals surface area contributed by atoms with Crippen LogP contribution in [0.3, 0.4) is 0 Å². The van der Waals surface area contributed by atoms with Crippen LogP contribution in [0.25, 0.3) is 11.1 Å². The number of hydrogen-bond donors (Lipinski definition) is 2. The molecule has 4 rings (SSSR count). The van der Waals surface area contributed by atoms with Crippen molar-refractivity contribution < 1.29 is 9.21 Å². The van der Waals surface area contributed by atoms with E-state index in [9.17, 15) is 9.59 Å². The largest absolute Gasteiger partial charge is 0.420 e. The van der Waals surface area contributed by atoms with Crippen LogP contribution in [-0.2, 0) is 4.79 Å². The van der Waals surface area contributed by atoms with E-state index in [1.54, 1.807) is 19.1 Å². The van der Waals surface area contributed by atoms with Crippen molar-refractivity contribution in [1.82, 2.24) is 15.2 Å². The molecule has 1 aromatic carbocycles. The molecule has 25 heavy (non-hydrogen) atoms. The summed E-state index contributed by atoms with van der Waals surface area (Å²) in [5.41, 5.74) is 1.50. The molecule has 6 heteroatoms. The summed E-state index contributed by atoms with van der Waals surface area (Å²) >= 11 is 0. The highest BCUT2D eigenvalue weighted by molar-refractivity contribution is 5.82. The summed E-state index contributed by atoms with van der Waals surface area (Å²) in [6.45, 7) is 3.45. The number of nitrogens with one attached hydrogen (secondary N) is 2. The zero-order valence-electron chi connectivity index (χ0n) is 14.6. The molecule has 1 saturated heterocycles. The maximum absolute atomic E-state index is 12.6. The second-order valence-electron chi connectivity index (χ2n) is 7.55. The minimum atomic E-state index is -0.587. The highest BCUT2D eigenvalue weighted by Crippen LogP contribution is 2.40. The standard InChI is InChI=1S/C19H25N3O3/c1-13(22-15-5-2-3-6-16(15)25-18(22)24)17(23)20-12-14-7-10-21-19(11-14)8-4-9-19/h2-3,5-6,13-14,21H,4,7-12H2,1H3,(H,20,23). The lowest BCUT2D eigenvalue weighted by molar-refractivity contribution is -0.124. The fourth-order valence-electron chi connectivity index (χ4n) is 4.29. The fraction of sp³-hybridized carbons (Fsp3) is 0.579. The van der Waals surface area contributed by atoms with Crippen molar-refractivity contribution in [1.29, 1.82) is 0 Å². The van der Waals surface area contributed by atoms with Crippen LogP contribution >= 0.6 is 0 Å². The molecule has 2 unspecified atom stereocenters. The Morgan fingerprint density at radius 2 is 2.24 bits per heavy atom. The number of oxazole rings is 1. The Hall–Kier alpha value is -2.08. The van der Waals surface area contributed by atoms with E-state index in [1.165, 1.54) is 23.8 Å². The molecule has 2 fully saturated rings. The lowest BCUT2D eigenvalue weighted by Gasteiger charge is -2.48. The number of nitrogens with zero attached hydrogens (tertiary/aromatic N) is 1. The average Bonchev–Trinajstić information content (AvgIpc) is 2.93. The predicted molar refractivity (Wildman–Crippen MR) is 95.5 cm³/mol. The minimum Gasteiger partial charge on any atom is -0.408 e. The summed E-state index contributed by atoms with van der Waals surface area (Å²) < 4.78 is 6.66. The monoisotopic (exact) mass is 343 g/mol. The first-order valence-corrected chi connectivity index (χ1v) is 9.21. The summed E-state index contributed by atoms with van der Waals surface area (Å²) in [6, 6.07) is 6.61. The van der Waals surface area contributed by atoms with E-state index in [0.717, 1.165) is 19.4 Å². The van der Waals surface area contributed by atoms with E-state index >= 15 is 0 Å². The van der Waals surface area contributed by atoms with Crippen LogP contribution in [0.4, 0.5) is 0 Å². The molecule has 1 aliphatic carbocycles. The van der Waals surface area contributed by atoms with Crippen molar-refractivity contribution in [2.75, 3.05) is 13.1 Å². The third-order valence-electron chi connectivity index (χ3n) is 5.89. The Morgan fingerprint density at radius 3 is 3.00 bits per heavy atom. The number of para-hydroxylation sites is 2. The quantitative estimate of drug-likeness (QED) is 0.892. The van der Waals surface area contributed by atoms with E-state index in [-0.39, 0.29) is 5.91 Å². The normalized spacial score (nSPS) is 23.3. The van der Waals surface area contributed by atoms with Crippen LogP contribution in [0, 0.1) is 5.92 Å².